The van der Waals surface area contributed by atoms with Gasteiger partial charge in [0.05, 0.1) is 4.47 Å². The summed E-state index contributed by atoms with van der Waals surface area (Å²) in [6.45, 7) is 1.97. The molecule has 2 aromatic rings. The molecule has 0 aromatic heterocycles. The second-order valence-electron chi connectivity index (χ2n) is 3.99. The zero-order valence-corrected chi connectivity index (χ0v) is 11.4. The predicted molar refractivity (Wildman–Crippen MR) is 74.9 cm³/mol. The minimum Gasteiger partial charge on any atom is -0.507 e. The van der Waals surface area contributed by atoms with E-state index in [-0.39, 0.29) is 11.7 Å². The summed E-state index contributed by atoms with van der Waals surface area (Å²) in [7, 11) is 0. The lowest BCUT2D eigenvalue weighted by Gasteiger charge is -2.06. The average Bonchev–Trinajstić information content (AvgIpc) is 2.34. The maximum Gasteiger partial charge on any atom is 0.255 e. The van der Waals surface area contributed by atoms with Crippen molar-refractivity contribution in [2.45, 2.75) is 6.92 Å². The van der Waals surface area contributed by atoms with Crippen molar-refractivity contribution in [1.29, 1.82) is 0 Å². The van der Waals surface area contributed by atoms with Crippen LogP contribution in [0.2, 0.25) is 0 Å². The van der Waals surface area contributed by atoms with Crippen molar-refractivity contribution < 1.29 is 9.90 Å². The molecule has 0 saturated heterocycles. The normalized spacial score (nSPS) is 10.1. The minimum atomic E-state index is -0.197. The SMILES string of the molecule is Cc1ccc(C(=O)Nc2ccc(Br)c(O)c2)cc1. The largest absolute Gasteiger partial charge is 0.507 e. The van der Waals surface area contributed by atoms with Gasteiger partial charge in [0, 0.05) is 17.3 Å². The van der Waals surface area contributed by atoms with E-state index in [1.54, 1.807) is 24.3 Å². The highest BCUT2D eigenvalue weighted by Gasteiger charge is 2.06. The first-order valence-electron chi connectivity index (χ1n) is 5.43. The van der Waals surface area contributed by atoms with Gasteiger partial charge in [-0.1, -0.05) is 17.7 Å². The fourth-order valence-electron chi connectivity index (χ4n) is 1.50. The fraction of sp³-hybridized carbons (Fsp3) is 0.0714. The van der Waals surface area contributed by atoms with Crippen LogP contribution in [-0.4, -0.2) is 11.0 Å². The van der Waals surface area contributed by atoms with E-state index in [0.29, 0.717) is 15.7 Å². The summed E-state index contributed by atoms with van der Waals surface area (Å²) < 4.78 is 0.593. The van der Waals surface area contributed by atoms with Crippen LogP contribution >= 0.6 is 15.9 Å². The number of aryl methyl sites for hydroxylation is 1. The van der Waals surface area contributed by atoms with E-state index in [0.717, 1.165) is 5.56 Å². The molecule has 0 aliphatic heterocycles. The number of hydrogen-bond acceptors (Lipinski definition) is 2. The van der Waals surface area contributed by atoms with Gasteiger partial charge < -0.3 is 10.4 Å². The number of phenols is 1. The van der Waals surface area contributed by atoms with Crippen LogP contribution in [0.4, 0.5) is 5.69 Å². The number of benzene rings is 2. The molecule has 4 heteroatoms. The van der Waals surface area contributed by atoms with Crippen molar-refractivity contribution in [2.75, 3.05) is 5.32 Å². The smallest absolute Gasteiger partial charge is 0.255 e. The van der Waals surface area contributed by atoms with Gasteiger partial charge in [-0.25, -0.2) is 0 Å². The Morgan fingerprint density at radius 3 is 2.44 bits per heavy atom. The van der Waals surface area contributed by atoms with E-state index in [1.165, 1.54) is 6.07 Å². The van der Waals surface area contributed by atoms with Gasteiger partial charge in [-0.2, -0.15) is 0 Å². The summed E-state index contributed by atoms with van der Waals surface area (Å²) in [5.41, 5.74) is 2.25. The maximum absolute atomic E-state index is 11.9. The van der Waals surface area contributed by atoms with Crippen LogP contribution in [0, 0.1) is 6.92 Å². The Labute approximate surface area is 114 Å². The van der Waals surface area contributed by atoms with Gasteiger partial charge in [-0.3, -0.25) is 4.79 Å². The van der Waals surface area contributed by atoms with Crippen molar-refractivity contribution in [1.82, 2.24) is 0 Å². The molecule has 0 atom stereocenters. The molecule has 0 unspecified atom stereocenters. The van der Waals surface area contributed by atoms with Crippen LogP contribution in [0.5, 0.6) is 5.75 Å². The average molecular weight is 306 g/mol. The van der Waals surface area contributed by atoms with Gasteiger partial charge in [0.1, 0.15) is 5.75 Å². The minimum absolute atomic E-state index is 0.0942. The van der Waals surface area contributed by atoms with Crippen LogP contribution in [0.1, 0.15) is 15.9 Å². The van der Waals surface area contributed by atoms with Crippen LogP contribution in [-0.2, 0) is 0 Å². The highest BCUT2D eigenvalue weighted by Crippen LogP contribution is 2.26. The van der Waals surface area contributed by atoms with E-state index in [9.17, 15) is 9.90 Å². The number of rotatable bonds is 2. The maximum atomic E-state index is 11.9. The first-order chi connectivity index (χ1) is 8.56. The lowest BCUT2D eigenvalue weighted by Crippen LogP contribution is -2.11. The quantitative estimate of drug-likeness (QED) is 0.888. The Kier molecular flexibility index (Phi) is 3.67. The standard InChI is InChI=1S/C14H12BrNO2/c1-9-2-4-10(5-3-9)14(18)16-11-6-7-12(15)13(17)8-11/h2-8,17H,1H3,(H,16,18). The van der Waals surface area contributed by atoms with E-state index in [2.05, 4.69) is 21.2 Å². The fourth-order valence-corrected chi connectivity index (χ4v) is 1.75. The van der Waals surface area contributed by atoms with Gasteiger partial charge in [0.15, 0.2) is 0 Å². The predicted octanol–water partition coefficient (Wildman–Crippen LogP) is 3.72. The van der Waals surface area contributed by atoms with Crippen molar-refractivity contribution in [3.63, 3.8) is 0 Å². The lowest BCUT2D eigenvalue weighted by atomic mass is 10.1. The number of anilines is 1. The summed E-state index contributed by atoms with van der Waals surface area (Å²) in [5.74, 6) is -0.103. The first-order valence-corrected chi connectivity index (χ1v) is 6.22. The number of halogens is 1. The third-order valence-electron chi connectivity index (χ3n) is 2.52. The number of amides is 1. The molecule has 0 radical (unpaired) electrons. The molecule has 0 aliphatic carbocycles. The molecule has 0 heterocycles. The number of aromatic hydroxyl groups is 1. The van der Waals surface area contributed by atoms with Gasteiger partial charge in [0.2, 0.25) is 0 Å². The van der Waals surface area contributed by atoms with Crippen LogP contribution < -0.4 is 5.32 Å². The lowest BCUT2D eigenvalue weighted by molar-refractivity contribution is 0.102. The Morgan fingerprint density at radius 2 is 1.83 bits per heavy atom. The molecule has 3 nitrogen and oxygen atoms in total. The van der Waals surface area contributed by atoms with Gasteiger partial charge >= 0.3 is 0 Å². The molecule has 92 valence electrons. The third-order valence-corrected chi connectivity index (χ3v) is 3.19. The molecule has 1 amide bonds. The second-order valence-corrected chi connectivity index (χ2v) is 4.84. The number of carbonyl (C=O) groups is 1. The molecule has 2 rings (SSSR count). The summed E-state index contributed by atoms with van der Waals surface area (Å²) in [6, 6.07) is 12.2. The molecule has 0 saturated carbocycles. The third kappa shape index (κ3) is 2.90. The molecule has 18 heavy (non-hydrogen) atoms. The number of nitrogens with one attached hydrogen (secondary N) is 1. The van der Waals surface area contributed by atoms with Crippen molar-refractivity contribution in [2.24, 2.45) is 0 Å². The number of carbonyl (C=O) groups excluding carboxylic acids is 1. The summed E-state index contributed by atoms with van der Waals surface area (Å²) in [5, 5.41) is 12.2. The Morgan fingerprint density at radius 1 is 1.17 bits per heavy atom. The molecular formula is C14H12BrNO2. The van der Waals surface area contributed by atoms with Crippen molar-refractivity contribution in [3.8, 4) is 5.75 Å². The number of hydrogen-bond donors (Lipinski definition) is 2. The molecule has 2 aromatic carbocycles. The highest BCUT2D eigenvalue weighted by molar-refractivity contribution is 9.10. The second kappa shape index (κ2) is 5.23. The van der Waals surface area contributed by atoms with E-state index in [1.807, 2.05) is 19.1 Å². The molecular weight excluding hydrogens is 294 g/mol. The Balaban J connectivity index is 2.16. The topological polar surface area (TPSA) is 49.3 Å². The van der Waals surface area contributed by atoms with Gasteiger partial charge in [-0.15, -0.1) is 0 Å². The van der Waals surface area contributed by atoms with Gasteiger partial charge in [-0.05, 0) is 47.1 Å². The zero-order chi connectivity index (χ0) is 13.1. The van der Waals surface area contributed by atoms with E-state index in [4.69, 9.17) is 0 Å². The molecule has 2 N–H and O–H groups in total. The Hall–Kier alpha value is -1.81. The zero-order valence-electron chi connectivity index (χ0n) is 9.77. The molecule has 0 aliphatic rings. The van der Waals surface area contributed by atoms with Crippen molar-refractivity contribution in [3.05, 3.63) is 58.1 Å². The molecule has 0 fully saturated rings. The van der Waals surface area contributed by atoms with Crippen LogP contribution in [0.25, 0.3) is 0 Å². The monoisotopic (exact) mass is 305 g/mol. The van der Waals surface area contributed by atoms with Crippen molar-refractivity contribution >= 4 is 27.5 Å². The Bertz CT molecular complexity index is 579. The number of phenolic OH excluding ortho intramolecular Hbond substituents is 1. The van der Waals surface area contributed by atoms with E-state index < -0.39 is 0 Å². The van der Waals surface area contributed by atoms with Crippen LogP contribution in [0.15, 0.2) is 46.9 Å². The highest BCUT2D eigenvalue weighted by atomic mass is 79.9. The van der Waals surface area contributed by atoms with E-state index >= 15 is 0 Å². The summed E-state index contributed by atoms with van der Waals surface area (Å²) in [4.78, 5) is 11.9. The van der Waals surface area contributed by atoms with Crippen LogP contribution in [0.3, 0.4) is 0 Å². The molecule has 0 bridgehead atoms. The summed E-state index contributed by atoms with van der Waals surface area (Å²) in [6.07, 6.45) is 0. The summed E-state index contributed by atoms with van der Waals surface area (Å²) >= 11 is 3.19. The molecule has 0 spiro atoms. The first kappa shape index (κ1) is 12.6. The van der Waals surface area contributed by atoms with Gasteiger partial charge in [0.25, 0.3) is 5.91 Å².